The number of hydrogen-bond acceptors (Lipinski definition) is 3. The van der Waals surface area contributed by atoms with E-state index in [4.69, 9.17) is 0 Å². The molecule has 3 heterocycles. The van der Waals surface area contributed by atoms with Crippen molar-refractivity contribution in [2.75, 3.05) is 39.3 Å². The molecule has 1 atom stereocenters. The first-order valence-electron chi connectivity index (χ1n) is 10.5. The summed E-state index contributed by atoms with van der Waals surface area (Å²) < 4.78 is 0. The first-order chi connectivity index (χ1) is 13.8. The fraction of sp³-hybridized carbons (Fsp3) is 0.478. The lowest BCUT2D eigenvalue weighted by Gasteiger charge is -2.40. The lowest BCUT2D eigenvalue weighted by atomic mass is 9.92. The molecule has 2 aliphatic rings. The van der Waals surface area contributed by atoms with Gasteiger partial charge in [-0.1, -0.05) is 30.3 Å². The lowest BCUT2D eigenvalue weighted by molar-refractivity contribution is 0.142. The molecule has 0 spiro atoms. The number of nitrogens with zero attached hydrogens (tertiary/aromatic N) is 3. The molecule has 0 radical (unpaired) electrons. The Morgan fingerprint density at radius 2 is 1.86 bits per heavy atom. The van der Waals surface area contributed by atoms with Gasteiger partial charge in [0.25, 0.3) is 0 Å². The zero-order chi connectivity index (χ0) is 19.2. The number of piperidine rings is 1. The number of aromatic nitrogens is 1. The maximum absolute atomic E-state index is 12.4. The second-order valence-corrected chi connectivity index (χ2v) is 8.11. The molecule has 148 valence electrons. The van der Waals surface area contributed by atoms with Crippen LogP contribution >= 0.6 is 0 Å². The van der Waals surface area contributed by atoms with E-state index >= 15 is 0 Å². The number of carbonyl (C=O) groups is 1. The van der Waals surface area contributed by atoms with Gasteiger partial charge in [0.05, 0.1) is 0 Å². The van der Waals surface area contributed by atoms with Crippen LogP contribution in [0.25, 0.3) is 0 Å². The molecular weight excluding hydrogens is 348 g/mol. The summed E-state index contributed by atoms with van der Waals surface area (Å²) in [5.41, 5.74) is 2.68. The third-order valence-corrected chi connectivity index (χ3v) is 6.05. The van der Waals surface area contributed by atoms with E-state index in [9.17, 15) is 4.79 Å². The van der Waals surface area contributed by atoms with Crippen molar-refractivity contribution >= 4 is 6.03 Å². The number of pyridine rings is 1. The van der Waals surface area contributed by atoms with Gasteiger partial charge in [0, 0.05) is 51.0 Å². The fourth-order valence-electron chi connectivity index (χ4n) is 4.29. The highest BCUT2D eigenvalue weighted by Crippen LogP contribution is 2.26. The smallest absolute Gasteiger partial charge is 0.317 e. The zero-order valence-corrected chi connectivity index (χ0v) is 16.5. The van der Waals surface area contributed by atoms with Gasteiger partial charge in [-0.15, -0.1) is 0 Å². The van der Waals surface area contributed by atoms with Crippen LogP contribution in [0.2, 0.25) is 0 Å². The molecule has 2 aromatic rings. The number of benzene rings is 1. The highest BCUT2D eigenvalue weighted by molar-refractivity contribution is 5.75. The van der Waals surface area contributed by atoms with Gasteiger partial charge in [-0.05, 0) is 55.0 Å². The number of nitrogens with one attached hydrogen (secondary N) is 1. The van der Waals surface area contributed by atoms with E-state index in [-0.39, 0.29) is 6.03 Å². The molecule has 2 amide bonds. The maximum atomic E-state index is 12.4. The summed E-state index contributed by atoms with van der Waals surface area (Å²) in [6.45, 7) is 5.78. The average Bonchev–Trinajstić information content (AvgIpc) is 2.72. The Hall–Kier alpha value is -2.40. The second-order valence-electron chi connectivity index (χ2n) is 8.11. The second kappa shape index (κ2) is 9.20. The number of amides is 2. The van der Waals surface area contributed by atoms with Crippen LogP contribution in [0.4, 0.5) is 4.79 Å². The van der Waals surface area contributed by atoms with E-state index in [1.807, 2.05) is 29.4 Å². The van der Waals surface area contributed by atoms with Crippen LogP contribution in [-0.2, 0) is 6.42 Å². The first-order valence-corrected chi connectivity index (χ1v) is 10.5. The predicted molar refractivity (Wildman–Crippen MR) is 111 cm³/mol. The quantitative estimate of drug-likeness (QED) is 0.840. The average molecular weight is 379 g/mol. The molecule has 1 aromatic carbocycles. The van der Waals surface area contributed by atoms with E-state index < -0.39 is 0 Å². The van der Waals surface area contributed by atoms with E-state index in [2.05, 4.69) is 45.5 Å². The number of rotatable bonds is 6. The SMILES string of the molecule is O=C(NC[C@@H]1CCCN(CCc2ccccc2)C1)N1CC(c2ccncc2)C1. The van der Waals surface area contributed by atoms with Crippen LogP contribution in [0.3, 0.4) is 0 Å². The van der Waals surface area contributed by atoms with Crippen molar-refractivity contribution in [2.24, 2.45) is 5.92 Å². The summed E-state index contributed by atoms with van der Waals surface area (Å²) in [7, 11) is 0. The van der Waals surface area contributed by atoms with Gasteiger partial charge in [-0.2, -0.15) is 0 Å². The largest absolute Gasteiger partial charge is 0.338 e. The van der Waals surface area contributed by atoms with Crippen LogP contribution in [-0.4, -0.2) is 60.1 Å². The highest BCUT2D eigenvalue weighted by atomic mass is 16.2. The zero-order valence-electron chi connectivity index (χ0n) is 16.5. The van der Waals surface area contributed by atoms with Gasteiger partial charge in [-0.25, -0.2) is 4.79 Å². The molecule has 2 aliphatic heterocycles. The van der Waals surface area contributed by atoms with Crippen molar-refractivity contribution < 1.29 is 4.79 Å². The summed E-state index contributed by atoms with van der Waals surface area (Å²) >= 11 is 0. The molecular formula is C23H30N4O. The summed E-state index contributed by atoms with van der Waals surface area (Å²) in [5.74, 6) is 1.02. The lowest BCUT2D eigenvalue weighted by Crippen LogP contribution is -2.53. The Morgan fingerprint density at radius 1 is 1.07 bits per heavy atom. The molecule has 0 unspecified atom stereocenters. The topological polar surface area (TPSA) is 48.5 Å². The normalized spacial score (nSPS) is 20.6. The van der Waals surface area contributed by atoms with Gasteiger partial charge in [-0.3, -0.25) is 4.98 Å². The van der Waals surface area contributed by atoms with Crippen molar-refractivity contribution in [2.45, 2.75) is 25.2 Å². The number of hydrogen-bond donors (Lipinski definition) is 1. The van der Waals surface area contributed by atoms with Crippen LogP contribution in [0.15, 0.2) is 54.9 Å². The molecule has 1 aromatic heterocycles. The third-order valence-electron chi connectivity index (χ3n) is 6.05. The van der Waals surface area contributed by atoms with E-state index in [1.165, 1.54) is 30.5 Å². The Bertz CT molecular complexity index is 746. The fourth-order valence-corrected chi connectivity index (χ4v) is 4.29. The minimum absolute atomic E-state index is 0.0896. The predicted octanol–water partition coefficient (Wildman–Crippen LogP) is 3.15. The minimum atomic E-state index is 0.0896. The van der Waals surface area contributed by atoms with Crippen LogP contribution in [0.1, 0.15) is 29.9 Å². The van der Waals surface area contributed by atoms with Gasteiger partial charge >= 0.3 is 6.03 Å². The summed E-state index contributed by atoms with van der Waals surface area (Å²) in [4.78, 5) is 21.0. The maximum Gasteiger partial charge on any atom is 0.317 e. The molecule has 5 nitrogen and oxygen atoms in total. The van der Waals surface area contributed by atoms with Crippen LogP contribution in [0, 0.1) is 5.92 Å². The Labute approximate surface area is 167 Å². The standard InChI is InChI=1S/C23H30N4O/c28-23(27-17-22(18-27)21-8-11-24-12-9-21)25-15-20-7-4-13-26(16-20)14-10-19-5-2-1-3-6-19/h1-3,5-6,8-9,11-12,20,22H,4,7,10,13-18H2,(H,25,28)/t20-/m0/s1. The van der Waals surface area contributed by atoms with E-state index in [0.29, 0.717) is 11.8 Å². The van der Waals surface area contributed by atoms with E-state index in [1.54, 1.807) is 0 Å². The molecule has 5 heteroatoms. The Morgan fingerprint density at radius 3 is 2.64 bits per heavy atom. The van der Waals surface area contributed by atoms with Crippen LogP contribution < -0.4 is 5.32 Å². The number of urea groups is 1. The van der Waals surface area contributed by atoms with Crippen molar-refractivity contribution in [3.63, 3.8) is 0 Å². The van der Waals surface area contributed by atoms with Crippen LogP contribution in [0.5, 0.6) is 0 Å². The monoisotopic (exact) mass is 378 g/mol. The van der Waals surface area contributed by atoms with Crippen molar-refractivity contribution in [1.82, 2.24) is 20.1 Å². The highest BCUT2D eigenvalue weighted by Gasteiger charge is 2.32. The summed E-state index contributed by atoms with van der Waals surface area (Å²) in [6, 6.07) is 14.9. The van der Waals surface area contributed by atoms with Crippen molar-refractivity contribution in [3.8, 4) is 0 Å². The van der Waals surface area contributed by atoms with Crippen molar-refractivity contribution in [1.29, 1.82) is 0 Å². The Kier molecular flexibility index (Phi) is 6.22. The molecule has 4 rings (SSSR count). The molecule has 2 saturated heterocycles. The first kappa shape index (κ1) is 18.9. The van der Waals surface area contributed by atoms with Gasteiger partial charge < -0.3 is 15.1 Å². The molecule has 0 bridgehead atoms. The van der Waals surface area contributed by atoms with Gasteiger partial charge in [0.2, 0.25) is 0 Å². The van der Waals surface area contributed by atoms with Crippen molar-refractivity contribution in [3.05, 3.63) is 66.0 Å². The molecule has 0 aliphatic carbocycles. The molecule has 2 fully saturated rings. The number of carbonyl (C=O) groups excluding carboxylic acids is 1. The summed E-state index contributed by atoms with van der Waals surface area (Å²) in [6.07, 6.45) is 7.18. The number of likely N-dealkylation sites (tertiary alicyclic amines) is 2. The Balaban J connectivity index is 1.16. The van der Waals surface area contributed by atoms with Gasteiger partial charge in [0.1, 0.15) is 0 Å². The molecule has 1 N–H and O–H groups in total. The molecule has 28 heavy (non-hydrogen) atoms. The summed E-state index contributed by atoms with van der Waals surface area (Å²) in [5, 5.41) is 3.17. The van der Waals surface area contributed by atoms with E-state index in [0.717, 1.165) is 39.1 Å². The van der Waals surface area contributed by atoms with Gasteiger partial charge in [0.15, 0.2) is 0 Å². The minimum Gasteiger partial charge on any atom is -0.338 e. The molecule has 0 saturated carbocycles. The third kappa shape index (κ3) is 4.90.